The van der Waals surface area contributed by atoms with Crippen molar-refractivity contribution < 1.29 is 18.3 Å². The average molecular weight is 371 g/mol. The van der Waals surface area contributed by atoms with Crippen LogP contribution in [0.4, 0.5) is 0 Å². The zero-order valence-electron chi connectivity index (χ0n) is 13.7. The molecule has 7 nitrogen and oxygen atoms in total. The first-order chi connectivity index (χ1) is 12.4. The monoisotopic (exact) mass is 371 g/mol. The van der Waals surface area contributed by atoms with Gasteiger partial charge in [-0.25, -0.2) is 13.4 Å². The van der Waals surface area contributed by atoms with E-state index in [1.807, 2.05) is 36.5 Å². The number of hydrogen-bond acceptors (Lipinski definition) is 5. The number of pyridine rings is 1. The summed E-state index contributed by atoms with van der Waals surface area (Å²) in [4.78, 5) is 17.0. The summed E-state index contributed by atoms with van der Waals surface area (Å²) >= 11 is 0. The highest BCUT2D eigenvalue weighted by Gasteiger charge is 2.37. The second kappa shape index (κ2) is 6.22. The molecule has 1 amide bonds. The number of carbonyl (C=O) groups is 1. The van der Waals surface area contributed by atoms with Crippen molar-refractivity contribution in [3.8, 4) is 11.3 Å². The Balaban J connectivity index is 1.58. The van der Waals surface area contributed by atoms with Gasteiger partial charge in [0, 0.05) is 18.0 Å². The zero-order chi connectivity index (χ0) is 18.3. The molecule has 1 aromatic carbocycles. The molecule has 26 heavy (non-hydrogen) atoms. The molecular formula is C18H17N3O4S. The maximum atomic E-state index is 12.4. The van der Waals surface area contributed by atoms with Crippen molar-refractivity contribution in [1.29, 1.82) is 0 Å². The van der Waals surface area contributed by atoms with E-state index in [0.717, 1.165) is 11.3 Å². The molecule has 0 saturated carbocycles. The number of sulfone groups is 1. The maximum Gasteiger partial charge on any atom is 0.253 e. The lowest BCUT2D eigenvalue weighted by Gasteiger charge is -2.14. The Labute approximate surface area is 150 Å². The predicted molar refractivity (Wildman–Crippen MR) is 96.5 cm³/mol. The van der Waals surface area contributed by atoms with Crippen LogP contribution in [0.25, 0.3) is 16.9 Å². The fourth-order valence-corrected chi connectivity index (χ4v) is 4.83. The molecule has 1 saturated heterocycles. The topological polar surface area (TPSA) is 101 Å². The third-order valence-electron chi connectivity index (χ3n) is 4.42. The molecule has 0 radical (unpaired) electrons. The van der Waals surface area contributed by atoms with Gasteiger partial charge in [-0.3, -0.25) is 4.79 Å². The summed E-state index contributed by atoms with van der Waals surface area (Å²) < 4.78 is 24.9. The van der Waals surface area contributed by atoms with Gasteiger partial charge in [-0.05, 0) is 12.1 Å². The number of rotatable bonds is 3. The smallest absolute Gasteiger partial charge is 0.253 e. The number of fused-ring (bicyclic) bond motifs is 1. The number of imidazole rings is 1. The molecule has 2 N–H and O–H groups in total. The molecule has 4 rings (SSSR count). The zero-order valence-corrected chi connectivity index (χ0v) is 14.6. The van der Waals surface area contributed by atoms with Gasteiger partial charge in [0.25, 0.3) is 5.91 Å². The lowest BCUT2D eigenvalue weighted by atomic mass is 10.2. The minimum absolute atomic E-state index is 0.245. The minimum Gasteiger partial charge on any atom is -0.390 e. The third-order valence-corrected chi connectivity index (χ3v) is 6.14. The summed E-state index contributed by atoms with van der Waals surface area (Å²) in [6.07, 6.45) is 2.39. The molecule has 1 aliphatic rings. The first kappa shape index (κ1) is 16.7. The number of nitrogens with zero attached hydrogens (tertiary/aromatic N) is 2. The number of aliphatic hydroxyl groups excluding tert-OH is 1. The summed E-state index contributed by atoms with van der Waals surface area (Å²) in [5.41, 5.74) is 2.83. The molecule has 1 aliphatic heterocycles. The van der Waals surface area contributed by atoms with E-state index in [1.54, 1.807) is 22.7 Å². The van der Waals surface area contributed by atoms with Crippen LogP contribution in [0.1, 0.15) is 10.4 Å². The highest BCUT2D eigenvalue weighted by atomic mass is 32.2. The Bertz CT molecular complexity index is 1080. The summed E-state index contributed by atoms with van der Waals surface area (Å²) in [5, 5.41) is 12.4. The number of nitrogens with one attached hydrogen (secondary N) is 1. The number of aromatic nitrogens is 2. The fraction of sp³-hybridized carbons (Fsp3) is 0.222. The van der Waals surface area contributed by atoms with Gasteiger partial charge in [0.15, 0.2) is 9.84 Å². The largest absolute Gasteiger partial charge is 0.390 e. The Morgan fingerprint density at radius 1 is 1.12 bits per heavy atom. The minimum atomic E-state index is -3.31. The van der Waals surface area contributed by atoms with Crippen LogP contribution in [0.15, 0.2) is 54.9 Å². The van der Waals surface area contributed by atoms with Crippen LogP contribution in [0.3, 0.4) is 0 Å². The highest BCUT2D eigenvalue weighted by molar-refractivity contribution is 7.91. The van der Waals surface area contributed by atoms with Gasteiger partial charge < -0.3 is 14.8 Å². The van der Waals surface area contributed by atoms with E-state index in [1.165, 1.54) is 0 Å². The van der Waals surface area contributed by atoms with Crippen LogP contribution in [-0.2, 0) is 9.84 Å². The lowest BCUT2D eigenvalue weighted by molar-refractivity contribution is 0.0888. The quantitative estimate of drug-likeness (QED) is 0.712. The standard InChI is InChI=1S/C18H17N3O4S/c22-16-11-26(24,25)10-15(16)20-18(23)13-6-7-17-19-14(9-21(17)8-13)12-4-2-1-3-5-12/h1-9,15-16,22H,10-11H2,(H,20,23)/t15-,16-/m0/s1. The molecule has 2 aromatic heterocycles. The van der Waals surface area contributed by atoms with Crippen molar-refractivity contribution in [2.24, 2.45) is 0 Å². The van der Waals surface area contributed by atoms with Crippen LogP contribution in [0.5, 0.6) is 0 Å². The van der Waals surface area contributed by atoms with E-state index in [-0.39, 0.29) is 11.5 Å². The molecule has 2 atom stereocenters. The first-order valence-corrected chi connectivity index (χ1v) is 9.97. The second-order valence-electron chi connectivity index (χ2n) is 6.40. The van der Waals surface area contributed by atoms with Gasteiger partial charge in [-0.2, -0.15) is 0 Å². The summed E-state index contributed by atoms with van der Waals surface area (Å²) in [7, 11) is -3.31. The lowest BCUT2D eigenvalue weighted by Crippen LogP contribution is -2.42. The van der Waals surface area contributed by atoms with Crippen LogP contribution in [-0.4, -0.2) is 52.5 Å². The second-order valence-corrected chi connectivity index (χ2v) is 8.55. The van der Waals surface area contributed by atoms with Gasteiger partial charge in [0.05, 0.1) is 34.9 Å². The Kier molecular flexibility index (Phi) is 4.01. The van der Waals surface area contributed by atoms with Crippen molar-refractivity contribution in [3.05, 3.63) is 60.4 Å². The number of hydrogen-bond donors (Lipinski definition) is 2. The third kappa shape index (κ3) is 3.21. The van der Waals surface area contributed by atoms with Crippen molar-refractivity contribution in [2.45, 2.75) is 12.1 Å². The van der Waals surface area contributed by atoms with Crippen molar-refractivity contribution in [1.82, 2.24) is 14.7 Å². The number of aliphatic hydroxyl groups is 1. The van der Waals surface area contributed by atoms with Crippen LogP contribution in [0, 0.1) is 0 Å². The normalized spacial score (nSPS) is 21.7. The van der Waals surface area contributed by atoms with E-state index in [0.29, 0.717) is 11.2 Å². The first-order valence-electron chi connectivity index (χ1n) is 8.15. The van der Waals surface area contributed by atoms with Crippen LogP contribution in [0.2, 0.25) is 0 Å². The Hall–Kier alpha value is -2.71. The van der Waals surface area contributed by atoms with E-state index in [2.05, 4.69) is 10.3 Å². The van der Waals surface area contributed by atoms with Gasteiger partial charge in [-0.15, -0.1) is 0 Å². The van der Waals surface area contributed by atoms with Gasteiger partial charge in [-0.1, -0.05) is 30.3 Å². The van der Waals surface area contributed by atoms with Gasteiger partial charge in [0.1, 0.15) is 5.65 Å². The summed E-state index contributed by atoms with van der Waals surface area (Å²) in [6.45, 7) is 0. The molecule has 0 unspecified atom stereocenters. The SMILES string of the molecule is O=C(N[C@H]1CS(=O)(=O)C[C@@H]1O)c1ccc2nc(-c3ccccc3)cn2c1. The molecule has 8 heteroatoms. The van der Waals surface area contributed by atoms with Crippen molar-refractivity contribution in [3.63, 3.8) is 0 Å². The van der Waals surface area contributed by atoms with E-state index >= 15 is 0 Å². The van der Waals surface area contributed by atoms with Gasteiger partial charge in [0.2, 0.25) is 0 Å². The van der Waals surface area contributed by atoms with Crippen molar-refractivity contribution >= 4 is 21.4 Å². The molecular weight excluding hydrogens is 354 g/mol. The molecule has 0 bridgehead atoms. The maximum absolute atomic E-state index is 12.4. The number of amides is 1. The molecule has 0 spiro atoms. The molecule has 1 fully saturated rings. The van der Waals surface area contributed by atoms with Crippen LogP contribution >= 0.6 is 0 Å². The molecule has 134 valence electrons. The fourth-order valence-electron chi connectivity index (χ4n) is 3.09. The molecule has 3 heterocycles. The predicted octanol–water partition coefficient (Wildman–Crippen LogP) is 0.889. The van der Waals surface area contributed by atoms with E-state index in [9.17, 15) is 18.3 Å². The Morgan fingerprint density at radius 2 is 1.88 bits per heavy atom. The summed E-state index contributed by atoms with van der Waals surface area (Å²) in [5.74, 6) is -0.993. The van der Waals surface area contributed by atoms with Crippen molar-refractivity contribution in [2.75, 3.05) is 11.5 Å². The van der Waals surface area contributed by atoms with E-state index < -0.39 is 27.9 Å². The van der Waals surface area contributed by atoms with E-state index in [4.69, 9.17) is 0 Å². The average Bonchev–Trinajstić information content (AvgIpc) is 3.15. The van der Waals surface area contributed by atoms with Gasteiger partial charge >= 0.3 is 0 Å². The molecule has 3 aromatic rings. The number of benzene rings is 1. The molecule has 0 aliphatic carbocycles. The highest BCUT2D eigenvalue weighted by Crippen LogP contribution is 2.19. The van der Waals surface area contributed by atoms with Crippen LogP contribution < -0.4 is 5.32 Å². The Morgan fingerprint density at radius 3 is 2.58 bits per heavy atom. The number of carbonyl (C=O) groups excluding carboxylic acids is 1. The summed E-state index contributed by atoms with van der Waals surface area (Å²) in [6, 6.07) is 12.3.